The summed E-state index contributed by atoms with van der Waals surface area (Å²) in [5.41, 5.74) is 2.94. The molecule has 0 bridgehead atoms. The normalized spacial score (nSPS) is 14.1. The molecule has 0 aromatic carbocycles. The molecule has 9 nitrogen and oxygen atoms in total. The van der Waals surface area contributed by atoms with Crippen molar-refractivity contribution in [1.29, 1.82) is 0 Å². The van der Waals surface area contributed by atoms with Crippen LogP contribution in [0, 0.1) is 13.8 Å². The zero-order valence-corrected chi connectivity index (χ0v) is 18.7. The molecule has 32 heavy (non-hydrogen) atoms. The van der Waals surface area contributed by atoms with Gasteiger partial charge in [0, 0.05) is 43.6 Å². The second-order valence-electron chi connectivity index (χ2n) is 7.50. The Hall–Kier alpha value is -3.49. The number of carbonyl (C=O) groups is 3. The zero-order chi connectivity index (χ0) is 23.1. The summed E-state index contributed by atoms with van der Waals surface area (Å²) in [6.45, 7) is 7.86. The first kappa shape index (κ1) is 23.2. The molecular formula is C23H29N3O6. The van der Waals surface area contributed by atoms with Gasteiger partial charge in [-0.3, -0.25) is 4.79 Å². The van der Waals surface area contributed by atoms with Crippen molar-refractivity contribution in [2.24, 2.45) is 0 Å². The van der Waals surface area contributed by atoms with E-state index in [0.29, 0.717) is 39.3 Å². The van der Waals surface area contributed by atoms with Crippen LogP contribution in [-0.4, -0.2) is 71.7 Å². The molecule has 1 aliphatic heterocycles. The van der Waals surface area contributed by atoms with Crippen LogP contribution in [0.1, 0.15) is 29.6 Å². The minimum Gasteiger partial charge on any atom is -0.467 e. The zero-order valence-electron chi connectivity index (χ0n) is 18.7. The summed E-state index contributed by atoms with van der Waals surface area (Å²) in [4.78, 5) is 39.3. The first-order valence-corrected chi connectivity index (χ1v) is 10.6. The maximum atomic E-state index is 12.3. The van der Waals surface area contributed by atoms with Crippen molar-refractivity contribution < 1.29 is 28.3 Å². The van der Waals surface area contributed by atoms with Crippen LogP contribution in [-0.2, 0) is 25.6 Å². The van der Waals surface area contributed by atoms with Crippen molar-refractivity contribution in [3.8, 4) is 0 Å². The van der Waals surface area contributed by atoms with Crippen molar-refractivity contribution in [2.45, 2.75) is 27.3 Å². The van der Waals surface area contributed by atoms with E-state index in [0.717, 1.165) is 22.7 Å². The van der Waals surface area contributed by atoms with Gasteiger partial charge in [-0.15, -0.1) is 0 Å². The van der Waals surface area contributed by atoms with E-state index in [1.54, 1.807) is 29.1 Å². The third kappa shape index (κ3) is 5.81. The highest BCUT2D eigenvalue weighted by atomic mass is 16.6. The number of esters is 1. The van der Waals surface area contributed by atoms with Gasteiger partial charge in [-0.1, -0.05) is 0 Å². The Bertz CT molecular complexity index is 968. The quantitative estimate of drug-likeness (QED) is 0.482. The molecule has 0 saturated carbocycles. The number of amides is 2. The summed E-state index contributed by atoms with van der Waals surface area (Å²) in [5, 5.41) is 0. The van der Waals surface area contributed by atoms with Crippen molar-refractivity contribution in [1.82, 2.24) is 14.4 Å². The van der Waals surface area contributed by atoms with Crippen LogP contribution >= 0.6 is 0 Å². The largest absolute Gasteiger partial charge is 0.467 e. The molecule has 1 saturated heterocycles. The van der Waals surface area contributed by atoms with Crippen molar-refractivity contribution in [2.75, 3.05) is 39.4 Å². The summed E-state index contributed by atoms with van der Waals surface area (Å²) in [5.74, 6) is -0.0189. The standard InChI is InChI=1S/C23H29N3O6/c1-4-30-23(29)25-11-9-24(10-12-25)21(27)16-32-22(28)8-7-19-14-17(2)26(18(19)3)15-20-6-5-13-31-20/h5-8,13-14H,4,9-12,15-16H2,1-3H3. The van der Waals surface area contributed by atoms with Gasteiger partial charge in [0.2, 0.25) is 0 Å². The van der Waals surface area contributed by atoms with E-state index >= 15 is 0 Å². The van der Waals surface area contributed by atoms with Gasteiger partial charge in [-0.25, -0.2) is 9.59 Å². The van der Waals surface area contributed by atoms with Crippen molar-refractivity contribution >= 4 is 24.0 Å². The number of furan rings is 1. The average molecular weight is 444 g/mol. The van der Waals surface area contributed by atoms with Gasteiger partial charge in [0.15, 0.2) is 6.61 Å². The maximum Gasteiger partial charge on any atom is 0.409 e. The van der Waals surface area contributed by atoms with E-state index in [1.165, 1.54) is 6.08 Å². The number of piperazine rings is 1. The van der Waals surface area contributed by atoms with Crippen LogP contribution in [0.4, 0.5) is 4.79 Å². The fourth-order valence-corrected chi connectivity index (χ4v) is 3.58. The van der Waals surface area contributed by atoms with Gasteiger partial charge in [0.25, 0.3) is 5.91 Å². The highest BCUT2D eigenvalue weighted by Gasteiger charge is 2.25. The lowest BCUT2D eigenvalue weighted by Gasteiger charge is -2.33. The van der Waals surface area contributed by atoms with Crippen LogP contribution < -0.4 is 0 Å². The second-order valence-corrected chi connectivity index (χ2v) is 7.50. The number of ether oxygens (including phenoxy) is 2. The molecule has 0 atom stereocenters. The first-order chi connectivity index (χ1) is 15.4. The number of aryl methyl sites for hydroxylation is 1. The molecule has 0 radical (unpaired) electrons. The molecule has 0 unspecified atom stereocenters. The maximum absolute atomic E-state index is 12.3. The lowest BCUT2D eigenvalue weighted by molar-refractivity contribution is -0.148. The molecule has 3 rings (SSSR count). The highest BCUT2D eigenvalue weighted by Crippen LogP contribution is 2.18. The fraction of sp³-hybridized carbons (Fsp3) is 0.435. The van der Waals surface area contributed by atoms with Crippen LogP contribution in [0.2, 0.25) is 0 Å². The predicted octanol–water partition coefficient (Wildman–Crippen LogP) is 2.60. The van der Waals surface area contributed by atoms with E-state index in [2.05, 4.69) is 4.57 Å². The number of hydrogen-bond donors (Lipinski definition) is 0. The smallest absolute Gasteiger partial charge is 0.409 e. The third-order valence-electron chi connectivity index (χ3n) is 5.40. The summed E-state index contributed by atoms with van der Waals surface area (Å²) < 4.78 is 17.6. The SMILES string of the molecule is CCOC(=O)N1CCN(C(=O)COC(=O)C=Cc2cc(C)n(Cc3ccco3)c2C)CC1. The topological polar surface area (TPSA) is 94.2 Å². The number of rotatable bonds is 7. The lowest BCUT2D eigenvalue weighted by atomic mass is 10.2. The Labute approximate surface area is 187 Å². The highest BCUT2D eigenvalue weighted by molar-refractivity contribution is 5.89. The second kappa shape index (κ2) is 10.7. The minimum absolute atomic E-state index is 0.285. The Morgan fingerprint density at radius 1 is 1.09 bits per heavy atom. The molecular weight excluding hydrogens is 414 g/mol. The molecule has 2 aromatic heterocycles. The Kier molecular flexibility index (Phi) is 7.75. The average Bonchev–Trinajstić information content (AvgIpc) is 3.40. The first-order valence-electron chi connectivity index (χ1n) is 10.6. The van der Waals surface area contributed by atoms with E-state index < -0.39 is 5.97 Å². The summed E-state index contributed by atoms with van der Waals surface area (Å²) in [7, 11) is 0. The van der Waals surface area contributed by atoms with Gasteiger partial charge < -0.3 is 28.3 Å². The van der Waals surface area contributed by atoms with E-state index in [-0.39, 0.29) is 18.6 Å². The van der Waals surface area contributed by atoms with Gasteiger partial charge >= 0.3 is 12.1 Å². The Balaban J connectivity index is 1.47. The molecule has 0 spiro atoms. The Morgan fingerprint density at radius 3 is 2.47 bits per heavy atom. The van der Waals surface area contributed by atoms with E-state index in [4.69, 9.17) is 13.9 Å². The molecule has 2 amide bonds. The monoisotopic (exact) mass is 443 g/mol. The number of nitrogens with zero attached hydrogens (tertiary/aromatic N) is 3. The molecule has 172 valence electrons. The van der Waals surface area contributed by atoms with E-state index in [9.17, 15) is 14.4 Å². The summed E-state index contributed by atoms with van der Waals surface area (Å²) in [6, 6.07) is 5.75. The third-order valence-corrected chi connectivity index (χ3v) is 5.40. The molecule has 3 heterocycles. The van der Waals surface area contributed by atoms with E-state index in [1.807, 2.05) is 32.0 Å². The predicted molar refractivity (Wildman–Crippen MR) is 117 cm³/mol. The molecule has 9 heteroatoms. The number of aromatic nitrogens is 1. The summed E-state index contributed by atoms with van der Waals surface area (Å²) >= 11 is 0. The fourth-order valence-electron chi connectivity index (χ4n) is 3.58. The molecule has 0 aliphatic carbocycles. The van der Waals surface area contributed by atoms with Crippen LogP contribution in [0.3, 0.4) is 0 Å². The van der Waals surface area contributed by atoms with Crippen LogP contribution in [0.25, 0.3) is 6.08 Å². The van der Waals surface area contributed by atoms with Gasteiger partial charge in [0.05, 0.1) is 19.4 Å². The van der Waals surface area contributed by atoms with Gasteiger partial charge in [-0.05, 0) is 50.6 Å². The summed E-state index contributed by atoms with van der Waals surface area (Å²) in [6.07, 6.45) is 4.28. The molecule has 1 fully saturated rings. The van der Waals surface area contributed by atoms with Crippen molar-refractivity contribution in [3.05, 3.63) is 53.2 Å². The minimum atomic E-state index is -0.584. The molecule has 0 N–H and O–H groups in total. The van der Waals surface area contributed by atoms with Crippen LogP contribution in [0.15, 0.2) is 35.0 Å². The Morgan fingerprint density at radius 2 is 1.81 bits per heavy atom. The van der Waals surface area contributed by atoms with Crippen molar-refractivity contribution in [3.63, 3.8) is 0 Å². The number of carbonyl (C=O) groups excluding carboxylic acids is 3. The molecule has 1 aliphatic rings. The lowest BCUT2D eigenvalue weighted by Crippen LogP contribution is -2.51. The van der Waals surface area contributed by atoms with Gasteiger partial charge in [-0.2, -0.15) is 0 Å². The number of hydrogen-bond acceptors (Lipinski definition) is 6. The molecule has 2 aromatic rings. The van der Waals surface area contributed by atoms with Gasteiger partial charge in [0.1, 0.15) is 5.76 Å². The van der Waals surface area contributed by atoms with Crippen LogP contribution in [0.5, 0.6) is 0 Å².